The molecule has 0 unspecified atom stereocenters. The van der Waals surface area contributed by atoms with E-state index >= 15 is 0 Å². The number of hydrogen-bond acceptors (Lipinski definition) is 3. The Labute approximate surface area is 113 Å². The summed E-state index contributed by atoms with van der Waals surface area (Å²) in [4.78, 5) is 0. The number of sulfonamides is 1. The molecule has 0 aromatic heterocycles. The molecule has 0 aliphatic heterocycles. The Bertz CT molecular complexity index is 527. The zero-order valence-corrected chi connectivity index (χ0v) is 11.7. The molecule has 6 heteroatoms. The van der Waals surface area contributed by atoms with E-state index in [1.807, 2.05) is 6.07 Å². The lowest BCUT2D eigenvalue weighted by Gasteiger charge is -2.36. The zero-order valence-electron chi connectivity index (χ0n) is 10.9. The van der Waals surface area contributed by atoms with Crippen LogP contribution in [0.5, 0.6) is 0 Å². The molecule has 0 heterocycles. The second-order valence-corrected chi connectivity index (χ2v) is 6.87. The fourth-order valence-electron chi connectivity index (χ4n) is 2.33. The van der Waals surface area contributed by atoms with Crippen LogP contribution in [0.15, 0.2) is 24.3 Å². The molecule has 0 saturated heterocycles. The van der Waals surface area contributed by atoms with E-state index in [9.17, 15) is 12.8 Å². The number of halogens is 1. The Hall–Kier alpha value is -0.980. The van der Waals surface area contributed by atoms with Crippen molar-refractivity contribution in [3.05, 3.63) is 35.6 Å². The summed E-state index contributed by atoms with van der Waals surface area (Å²) in [5.41, 5.74) is 1.05. The Balaban J connectivity index is 1.67. The molecule has 1 aliphatic carbocycles. The molecule has 0 radical (unpaired) electrons. The van der Waals surface area contributed by atoms with Gasteiger partial charge in [0.25, 0.3) is 0 Å². The van der Waals surface area contributed by atoms with Gasteiger partial charge in [-0.1, -0.05) is 12.1 Å². The van der Waals surface area contributed by atoms with E-state index in [-0.39, 0.29) is 5.82 Å². The maximum Gasteiger partial charge on any atom is 0.208 e. The van der Waals surface area contributed by atoms with Gasteiger partial charge in [0.05, 0.1) is 6.26 Å². The summed E-state index contributed by atoms with van der Waals surface area (Å²) in [6, 6.07) is 7.13. The van der Waals surface area contributed by atoms with Crippen LogP contribution in [-0.4, -0.2) is 33.8 Å². The summed E-state index contributed by atoms with van der Waals surface area (Å²) < 4.78 is 37.2. The molecule has 1 aromatic rings. The molecule has 1 fully saturated rings. The molecular weight excluding hydrogens is 267 g/mol. The molecule has 1 saturated carbocycles. The van der Waals surface area contributed by atoms with Crippen molar-refractivity contribution in [1.29, 1.82) is 0 Å². The molecular formula is C13H19FN2O2S. The highest BCUT2D eigenvalue weighted by molar-refractivity contribution is 7.88. The standard InChI is InChI=1S/C13H19FN2O2S/c1-19(17,18)16-6-5-15-13-8-11(9-13)10-3-2-4-12(14)7-10/h2-4,7,11,13,15-16H,5-6,8-9H2,1H3. The highest BCUT2D eigenvalue weighted by atomic mass is 32.2. The summed E-state index contributed by atoms with van der Waals surface area (Å²) in [7, 11) is -3.10. The molecule has 0 spiro atoms. The summed E-state index contributed by atoms with van der Waals surface area (Å²) in [5, 5.41) is 3.29. The fraction of sp³-hybridized carbons (Fsp3) is 0.538. The Morgan fingerprint density at radius 3 is 2.68 bits per heavy atom. The Kier molecular flexibility index (Phi) is 4.54. The van der Waals surface area contributed by atoms with Gasteiger partial charge in [0.1, 0.15) is 5.82 Å². The van der Waals surface area contributed by atoms with Crippen LogP contribution >= 0.6 is 0 Å². The molecule has 1 aliphatic rings. The van der Waals surface area contributed by atoms with Gasteiger partial charge in [-0.2, -0.15) is 0 Å². The molecule has 0 amide bonds. The maximum atomic E-state index is 13.1. The van der Waals surface area contributed by atoms with Crippen LogP contribution in [0.25, 0.3) is 0 Å². The Morgan fingerprint density at radius 1 is 1.32 bits per heavy atom. The Morgan fingerprint density at radius 2 is 2.05 bits per heavy atom. The first kappa shape index (κ1) is 14.4. The predicted octanol–water partition coefficient (Wildman–Crippen LogP) is 1.21. The van der Waals surface area contributed by atoms with E-state index < -0.39 is 10.0 Å². The van der Waals surface area contributed by atoms with Crippen molar-refractivity contribution in [2.75, 3.05) is 19.3 Å². The van der Waals surface area contributed by atoms with Gasteiger partial charge in [-0.05, 0) is 36.5 Å². The molecule has 4 nitrogen and oxygen atoms in total. The summed E-state index contributed by atoms with van der Waals surface area (Å²) >= 11 is 0. The SMILES string of the molecule is CS(=O)(=O)NCCNC1CC(c2cccc(F)c2)C1. The number of nitrogens with one attached hydrogen (secondary N) is 2. The monoisotopic (exact) mass is 286 g/mol. The third-order valence-electron chi connectivity index (χ3n) is 3.38. The minimum Gasteiger partial charge on any atom is -0.313 e. The van der Waals surface area contributed by atoms with E-state index in [0.29, 0.717) is 25.0 Å². The highest BCUT2D eigenvalue weighted by Crippen LogP contribution is 2.36. The van der Waals surface area contributed by atoms with Crippen molar-refractivity contribution in [3.63, 3.8) is 0 Å². The van der Waals surface area contributed by atoms with Gasteiger partial charge in [-0.25, -0.2) is 17.5 Å². The third kappa shape index (κ3) is 4.56. The van der Waals surface area contributed by atoms with Crippen LogP contribution in [0.3, 0.4) is 0 Å². The minimum atomic E-state index is -3.10. The smallest absolute Gasteiger partial charge is 0.208 e. The molecule has 0 atom stereocenters. The number of rotatable bonds is 6. The average Bonchev–Trinajstić information content (AvgIpc) is 2.24. The summed E-state index contributed by atoms with van der Waals surface area (Å²) in [5.74, 6) is 0.224. The normalized spacial score (nSPS) is 23.1. The van der Waals surface area contributed by atoms with Crippen molar-refractivity contribution in [3.8, 4) is 0 Å². The molecule has 2 rings (SSSR count). The minimum absolute atomic E-state index is 0.189. The molecule has 106 valence electrons. The molecule has 1 aromatic carbocycles. The number of benzene rings is 1. The van der Waals surface area contributed by atoms with E-state index in [4.69, 9.17) is 0 Å². The first-order chi connectivity index (χ1) is 8.94. The lowest BCUT2D eigenvalue weighted by Crippen LogP contribution is -2.43. The zero-order chi connectivity index (χ0) is 13.9. The van der Waals surface area contributed by atoms with Crippen molar-refractivity contribution in [2.24, 2.45) is 0 Å². The third-order valence-corrected chi connectivity index (χ3v) is 4.11. The van der Waals surface area contributed by atoms with Gasteiger partial charge in [-0.3, -0.25) is 0 Å². The maximum absolute atomic E-state index is 13.1. The van der Waals surface area contributed by atoms with E-state index in [1.165, 1.54) is 6.07 Å². The van der Waals surface area contributed by atoms with Crippen molar-refractivity contribution < 1.29 is 12.8 Å². The van der Waals surface area contributed by atoms with Gasteiger partial charge >= 0.3 is 0 Å². The van der Waals surface area contributed by atoms with Crippen LogP contribution in [0, 0.1) is 5.82 Å². The second kappa shape index (κ2) is 5.98. The van der Waals surface area contributed by atoms with Gasteiger partial charge < -0.3 is 5.32 Å². The fourth-order valence-corrected chi connectivity index (χ4v) is 2.80. The predicted molar refractivity (Wildman–Crippen MR) is 73.0 cm³/mol. The van der Waals surface area contributed by atoms with Crippen LogP contribution in [0.4, 0.5) is 4.39 Å². The summed E-state index contributed by atoms with van der Waals surface area (Å²) in [6.07, 6.45) is 3.10. The first-order valence-corrected chi connectivity index (χ1v) is 8.26. The second-order valence-electron chi connectivity index (χ2n) is 5.04. The topological polar surface area (TPSA) is 58.2 Å². The first-order valence-electron chi connectivity index (χ1n) is 6.37. The average molecular weight is 286 g/mol. The van der Waals surface area contributed by atoms with Gasteiger partial charge in [0.15, 0.2) is 0 Å². The highest BCUT2D eigenvalue weighted by Gasteiger charge is 2.29. The largest absolute Gasteiger partial charge is 0.313 e. The lowest BCUT2D eigenvalue weighted by atomic mass is 9.76. The lowest BCUT2D eigenvalue weighted by molar-refractivity contribution is 0.292. The van der Waals surface area contributed by atoms with Crippen LogP contribution in [0.1, 0.15) is 24.3 Å². The van der Waals surface area contributed by atoms with E-state index in [1.54, 1.807) is 12.1 Å². The van der Waals surface area contributed by atoms with E-state index in [0.717, 1.165) is 24.7 Å². The molecule has 19 heavy (non-hydrogen) atoms. The van der Waals surface area contributed by atoms with Gasteiger partial charge in [0, 0.05) is 19.1 Å². The van der Waals surface area contributed by atoms with Crippen LogP contribution in [0.2, 0.25) is 0 Å². The van der Waals surface area contributed by atoms with Crippen molar-refractivity contribution >= 4 is 10.0 Å². The quantitative estimate of drug-likeness (QED) is 0.773. The molecule has 0 bridgehead atoms. The van der Waals surface area contributed by atoms with Crippen LogP contribution in [-0.2, 0) is 10.0 Å². The van der Waals surface area contributed by atoms with Crippen molar-refractivity contribution in [1.82, 2.24) is 10.0 Å². The van der Waals surface area contributed by atoms with Crippen molar-refractivity contribution in [2.45, 2.75) is 24.8 Å². The summed E-state index contributed by atoms with van der Waals surface area (Å²) in [6.45, 7) is 1.02. The van der Waals surface area contributed by atoms with Gasteiger partial charge in [0.2, 0.25) is 10.0 Å². The van der Waals surface area contributed by atoms with Crippen LogP contribution < -0.4 is 10.0 Å². The molecule has 2 N–H and O–H groups in total. The van der Waals surface area contributed by atoms with E-state index in [2.05, 4.69) is 10.0 Å². The number of hydrogen-bond donors (Lipinski definition) is 2. The van der Waals surface area contributed by atoms with Gasteiger partial charge in [-0.15, -0.1) is 0 Å².